The van der Waals surface area contributed by atoms with Gasteiger partial charge in [-0.15, -0.1) is 0 Å². The number of benzene rings is 1. The molecule has 1 aromatic heterocycles. The summed E-state index contributed by atoms with van der Waals surface area (Å²) in [5.74, 6) is -0.436. The van der Waals surface area contributed by atoms with Crippen molar-refractivity contribution in [1.82, 2.24) is 9.97 Å². The Balaban J connectivity index is 2.39. The maximum atomic E-state index is 13.3. The van der Waals surface area contributed by atoms with Crippen molar-refractivity contribution in [3.05, 3.63) is 48.2 Å². The number of carbonyl (C=O) groups is 1. The molecule has 20 heavy (non-hydrogen) atoms. The van der Waals surface area contributed by atoms with Gasteiger partial charge in [0.25, 0.3) is 0 Å². The van der Waals surface area contributed by atoms with Gasteiger partial charge in [-0.3, -0.25) is 4.98 Å². The Labute approximate surface area is 116 Å². The lowest BCUT2D eigenvalue weighted by atomic mass is 10.2. The third-order valence-electron chi connectivity index (χ3n) is 2.73. The second kappa shape index (κ2) is 6.10. The van der Waals surface area contributed by atoms with Crippen molar-refractivity contribution in [3.8, 4) is 0 Å². The average molecular weight is 275 g/mol. The van der Waals surface area contributed by atoms with Crippen molar-refractivity contribution in [2.24, 2.45) is 0 Å². The smallest absolute Gasteiger partial charge is 0.358 e. The summed E-state index contributed by atoms with van der Waals surface area (Å²) in [7, 11) is 1.28. The van der Waals surface area contributed by atoms with E-state index in [1.807, 2.05) is 6.92 Å². The predicted octanol–water partition coefficient (Wildman–Crippen LogP) is 2.56. The van der Waals surface area contributed by atoms with Crippen molar-refractivity contribution in [2.75, 3.05) is 18.6 Å². The molecule has 2 rings (SSSR count). The van der Waals surface area contributed by atoms with Crippen LogP contribution in [0.4, 0.5) is 15.9 Å². The van der Waals surface area contributed by atoms with Gasteiger partial charge in [0, 0.05) is 12.2 Å². The van der Waals surface area contributed by atoms with Crippen LogP contribution >= 0.6 is 0 Å². The molecule has 0 unspecified atom stereocenters. The van der Waals surface area contributed by atoms with Crippen LogP contribution in [0, 0.1) is 5.82 Å². The number of hydrogen-bond donors (Lipinski definition) is 0. The van der Waals surface area contributed by atoms with E-state index in [2.05, 4.69) is 14.7 Å². The fourth-order valence-electron chi connectivity index (χ4n) is 1.81. The van der Waals surface area contributed by atoms with E-state index in [-0.39, 0.29) is 11.5 Å². The molecule has 0 radical (unpaired) electrons. The quantitative estimate of drug-likeness (QED) is 0.803. The number of esters is 1. The number of anilines is 2. The molecule has 2 aromatic rings. The van der Waals surface area contributed by atoms with Gasteiger partial charge < -0.3 is 9.64 Å². The molecule has 0 spiro atoms. The Kier molecular flexibility index (Phi) is 4.24. The van der Waals surface area contributed by atoms with Crippen molar-refractivity contribution in [3.63, 3.8) is 0 Å². The van der Waals surface area contributed by atoms with E-state index in [4.69, 9.17) is 0 Å². The van der Waals surface area contributed by atoms with Crippen LogP contribution in [0.15, 0.2) is 36.7 Å². The van der Waals surface area contributed by atoms with Crippen LogP contribution in [0.25, 0.3) is 0 Å². The SMILES string of the molecule is CCN(c1cccc(F)c1)c1cncc(C(=O)OC)n1. The van der Waals surface area contributed by atoms with Gasteiger partial charge in [0.1, 0.15) is 5.82 Å². The van der Waals surface area contributed by atoms with E-state index < -0.39 is 5.97 Å². The number of methoxy groups -OCH3 is 1. The molecule has 1 aromatic carbocycles. The lowest BCUT2D eigenvalue weighted by Crippen LogP contribution is -2.19. The molecule has 5 nitrogen and oxygen atoms in total. The first-order chi connectivity index (χ1) is 9.65. The lowest BCUT2D eigenvalue weighted by molar-refractivity contribution is 0.0593. The molecular formula is C14H14FN3O2. The second-order valence-electron chi connectivity index (χ2n) is 3.98. The first-order valence-electron chi connectivity index (χ1n) is 6.09. The largest absolute Gasteiger partial charge is 0.464 e. The zero-order valence-corrected chi connectivity index (χ0v) is 11.2. The van der Waals surface area contributed by atoms with E-state index >= 15 is 0 Å². The number of hydrogen-bond acceptors (Lipinski definition) is 5. The summed E-state index contributed by atoms with van der Waals surface area (Å²) < 4.78 is 17.9. The zero-order valence-electron chi connectivity index (χ0n) is 11.2. The Morgan fingerprint density at radius 2 is 2.20 bits per heavy atom. The summed E-state index contributed by atoms with van der Waals surface area (Å²) in [6.07, 6.45) is 2.84. The van der Waals surface area contributed by atoms with E-state index in [1.54, 1.807) is 17.0 Å². The third-order valence-corrected chi connectivity index (χ3v) is 2.73. The standard InChI is InChI=1S/C14H14FN3O2/c1-3-18(11-6-4-5-10(15)7-11)13-9-16-8-12(17-13)14(19)20-2/h4-9H,3H2,1-2H3. The van der Waals surface area contributed by atoms with Crippen LogP contribution in [0.5, 0.6) is 0 Å². The number of rotatable bonds is 4. The van der Waals surface area contributed by atoms with Gasteiger partial charge in [-0.2, -0.15) is 0 Å². The summed E-state index contributed by atoms with van der Waals surface area (Å²) in [6, 6.07) is 6.15. The van der Waals surface area contributed by atoms with E-state index in [9.17, 15) is 9.18 Å². The van der Waals surface area contributed by atoms with Gasteiger partial charge >= 0.3 is 5.97 Å². The predicted molar refractivity (Wildman–Crippen MR) is 72.5 cm³/mol. The topological polar surface area (TPSA) is 55.3 Å². The molecule has 0 aliphatic carbocycles. The van der Waals surface area contributed by atoms with Crippen LogP contribution < -0.4 is 4.90 Å². The van der Waals surface area contributed by atoms with Gasteiger partial charge in [0.2, 0.25) is 0 Å². The van der Waals surface area contributed by atoms with Crippen LogP contribution in [0.3, 0.4) is 0 Å². The number of ether oxygens (including phenoxy) is 1. The monoisotopic (exact) mass is 275 g/mol. The molecule has 0 aliphatic rings. The average Bonchev–Trinajstić information content (AvgIpc) is 2.47. The van der Waals surface area contributed by atoms with Crippen LogP contribution in [0.2, 0.25) is 0 Å². The molecule has 0 atom stereocenters. The fraction of sp³-hybridized carbons (Fsp3) is 0.214. The van der Waals surface area contributed by atoms with Gasteiger partial charge in [0.05, 0.1) is 19.5 Å². The molecule has 0 saturated carbocycles. The maximum Gasteiger partial charge on any atom is 0.358 e. The zero-order chi connectivity index (χ0) is 14.5. The normalized spacial score (nSPS) is 10.2. The first-order valence-corrected chi connectivity index (χ1v) is 6.09. The Hall–Kier alpha value is -2.50. The van der Waals surface area contributed by atoms with Gasteiger partial charge in [-0.05, 0) is 25.1 Å². The maximum absolute atomic E-state index is 13.3. The minimum Gasteiger partial charge on any atom is -0.464 e. The molecule has 0 fully saturated rings. The number of carbonyl (C=O) groups excluding carboxylic acids is 1. The van der Waals surface area contributed by atoms with Crippen molar-refractivity contribution in [1.29, 1.82) is 0 Å². The second-order valence-corrected chi connectivity index (χ2v) is 3.98. The first kappa shape index (κ1) is 13.9. The molecule has 104 valence electrons. The summed E-state index contributed by atoms with van der Waals surface area (Å²) in [5.41, 5.74) is 0.753. The molecule has 1 heterocycles. The highest BCUT2D eigenvalue weighted by molar-refractivity contribution is 5.87. The van der Waals surface area contributed by atoms with Crippen molar-refractivity contribution in [2.45, 2.75) is 6.92 Å². The highest BCUT2D eigenvalue weighted by Crippen LogP contribution is 2.23. The minimum atomic E-state index is -0.561. The Bertz CT molecular complexity index is 619. The third kappa shape index (κ3) is 2.90. The number of nitrogens with zero attached hydrogens (tertiary/aromatic N) is 3. The summed E-state index contributed by atoms with van der Waals surface area (Å²) in [6.45, 7) is 2.46. The van der Waals surface area contributed by atoms with Crippen molar-refractivity contribution < 1.29 is 13.9 Å². The van der Waals surface area contributed by atoms with E-state index in [1.165, 1.54) is 31.6 Å². The Morgan fingerprint density at radius 1 is 1.40 bits per heavy atom. The van der Waals surface area contributed by atoms with Crippen LogP contribution in [0.1, 0.15) is 17.4 Å². The van der Waals surface area contributed by atoms with Crippen LogP contribution in [-0.2, 0) is 4.74 Å². The molecule has 0 N–H and O–H groups in total. The van der Waals surface area contributed by atoms with Gasteiger partial charge in [-0.25, -0.2) is 14.2 Å². The summed E-state index contributed by atoms with van der Waals surface area (Å²) in [5, 5.41) is 0. The highest BCUT2D eigenvalue weighted by Gasteiger charge is 2.14. The molecular weight excluding hydrogens is 261 g/mol. The van der Waals surface area contributed by atoms with Gasteiger partial charge in [0.15, 0.2) is 11.5 Å². The molecule has 0 bridgehead atoms. The Morgan fingerprint density at radius 3 is 2.85 bits per heavy atom. The van der Waals surface area contributed by atoms with Crippen molar-refractivity contribution >= 4 is 17.5 Å². The highest BCUT2D eigenvalue weighted by atomic mass is 19.1. The fourth-order valence-corrected chi connectivity index (χ4v) is 1.81. The summed E-state index contributed by atoms with van der Waals surface area (Å²) in [4.78, 5) is 21.4. The van der Waals surface area contributed by atoms with Gasteiger partial charge in [-0.1, -0.05) is 6.07 Å². The van der Waals surface area contributed by atoms with E-state index in [0.717, 1.165) is 0 Å². The molecule has 6 heteroatoms. The summed E-state index contributed by atoms with van der Waals surface area (Å²) >= 11 is 0. The molecule has 0 amide bonds. The molecule has 0 aliphatic heterocycles. The van der Waals surface area contributed by atoms with E-state index in [0.29, 0.717) is 18.1 Å². The number of halogens is 1. The van der Waals surface area contributed by atoms with Crippen LogP contribution in [-0.4, -0.2) is 29.6 Å². The minimum absolute atomic E-state index is 0.111. The number of aromatic nitrogens is 2. The molecule has 0 saturated heterocycles. The lowest BCUT2D eigenvalue weighted by Gasteiger charge is -2.21.